The number of nitrogens with zero attached hydrogens (tertiary/aromatic N) is 2. The van der Waals surface area contributed by atoms with E-state index in [9.17, 15) is 9.59 Å². The Kier molecular flexibility index (Phi) is 6.70. The van der Waals surface area contributed by atoms with Crippen molar-refractivity contribution < 1.29 is 14.7 Å². The summed E-state index contributed by atoms with van der Waals surface area (Å²) in [6, 6.07) is 16.2. The minimum atomic E-state index is -0.782. The van der Waals surface area contributed by atoms with Crippen molar-refractivity contribution in [2.24, 2.45) is 5.92 Å². The molecule has 2 atom stereocenters. The molecule has 5 nitrogen and oxygen atoms in total. The van der Waals surface area contributed by atoms with Gasteiger partial charge in [0.25, 0.3) is 5.91 Å². The standard InChI is InChI=1S/C24H30N2O3/c1-17-8-4-5-9-19(17)20-10-6-7-11-21(20)24(29)26-15-14-22(25(2)3)18(16-26)12-13-23(27)28/h4-11,18,22H,12-16H2,1-3H3,(H,27,28)/t18-,22+/m0/s1. The third-order valence-electron chi connectivity index (χ3n) is 5.97. The Morgan fingerprint density at radius 1 is 1.07 bits per heavy atom. The van der Waals surface area contributed by atoms with Crippen molar-refractivity contribution in [3.05, 3.63) is 59.7 Å². The summed E-state index contributed by atoms with van der Waals surface area (Å²) in [6.45, 7) is 3.34. The number of likely N-dealkylation sites (tertiary alicyclic amines) is 1. The van der Waals surface area contributed by atoms with Crippen molar-refractivity contribution in [1.29, 1.82) is 0 Å². The van der Waals surface area contributed by atoms with Crippen LogP contribution in [-0.2, 0) is 4.79 Å². The van der Waals surface area contributed by atoms with E-state index in [1.54, 1.807) is 0 Å². The Labute approximate surface area is 172 Å². The van der Waals surface area contributed by atoms with Crippen LogP contribution in [-0.4, -0.2) is 60.0 Å². The summed E-state index contributed by atoms with van der Waals surface area (Å²) in [5.74, 6) is -0.596. The molecule has 1 saturated heterocycles. The summed E-state index contributed by atoms with van der Waals surface area (Å²) in [4.78, 5) is 28.6. The number of aliphatic carboxylic acids is 1. The molecule has 1 N–H and O–H groups in total. The second-order valence-electron chi connectivity index (χ2n) is 8.12. The van der Waals surface area contributed by atoms with E-state index in [4.69, 9.17) is 5.11 Å². The van der Waals surface area contributed by atoms with Crippen LogP contribution in [0.15, 0.2) is 48.5 Å². The van der Waals surface area contributed by atoms with Gasteiger partial charge in [0.15, 0.2) is 0 Å². The van der Waals surface area contributed by atoms with Gasteiger partial charge >= 0.3 is 5.97 Å². The van der Waals surface area contributed by atoms with E-state index in [-0.39, 0.29) is 18.2 Å². The molecule has 0 bridgehead atoms. The molecule has 154 valence electrons. The molecule has 2 aromatic carbocycles. The lowest BCUT2D eigenvalue weighted by atomic mass is 9.86. The van der Waals surface area contributed by atoms with Gasteiger partial charge in [0.05, 0.1) is 0 Å². The topological polar surface area (TPSA) is 60.9 Å². The molecule has 0 aliphatic carbocycles. The van der Waals surface area contributed by atoms with Crippen molar-refractivity contribution in [1.82, 2.24) is 9.80 Å². The smallest absolute Gasteiger partial charge is 0.303 e. The number of carboxylic acid groups (broad SMARTS) is 1. The highest BCUT2D eigenvalue weighted by Crippen LogP contribution is 2.30. The summed E-state index contributed by atoms with van der Waals surface area (Å²) in [5.41, 5.74) is 3.87. The SMILES string of the molecule is Cc1ccccc1-c1ccccc1C(=O)N1CC[C@@H](N(C)C)[C@@H](CCC(=O)O)C1. The molecule has 1 amide bonds. The molecular weight excluding hydrogens is 364 g/mol. The maximum absolute atomic E-state index is 13.5. The van der Waals surface area contributed by atoms with E-state index in [2.05, 4.69) is 24.0 Å². The van der Waals surface area contributed by atoms with Crippen LogP contribution in [0.4, 0.5) is 0 Å². The lowest BCUT2D eigenvalue weighted by molar-refractivity contribution is -0.137. The Bertz CT molecular complexity index is 878. The van der Waals surface area contributed by atoms with E-state index in [1.165, 1.54) is 0 Å². The molecule has 1 heterocycles. The molecule has 0 radical (unpaired) electrons. The van der Waals surface area contributed by atoms with Gasteiger partial charge in [-0.25, -0.2) is 0 Å². The van der Waals surface area contributed by atoms with Crippen LogP contribution < -0.4 is 0 Å². The van der Waals surface area contributed by atoms with Gasteiger partial charge in [-0.15, -0.1) is 0 Å². The molecule has 0 spiro atoms. The van der Waals surface area contributed by atoms with Gasteiger partial charge < -0.3 is 14.9 Å². The molecule has 29 heavy (non-hydrogen) atoms. The van der Waals surface area contributed by atoms with Crippen LogP contribution in [0, 0.1) is 12.8 Å². The zero-order chi connectivity index (χ0) is 21.0. The first-order valence-corrected chi connectivity index (χ1v) is 10.2. The molecule has 0 saturated carbocycles. The lowest BCUT2D eigenvalue weighted by Crippen LogP contribution is -2.50. The number of amides is 1. The number of aryl methyl sites for hydroxylation is 1. The predicted octanol–water partition coefficient (Wildman–Crippen LogP) is 3.92. The van der Waals surface area contributed by atoms with Crippen LogP contribution in [0.2, 0.25) is 0 Å². The molecule has 5 heteroatoms. The van der Waals surface area contributed by atoms with Crippen molar-refractivity contribution >= 4 is 11.9 Å². The summed E-state index contributed by atoms with van der Waals surface area (Å²) in [6.07, 6.45) is 1.58. The highest BCUT2D eigenvalue weighted by molar-refractivity contribution is 6.01. The second-order valence-corrected chi connectivity index (χ2v) is 8.12. The molecule has 0 unspecified atom stereocenters. The normalized spacial score (nSPS) is 19.4. The van der Waals surface area contributed by atoms with E-state index in [1.807, 2.05) is 55.4 Å². The van der Waals surface area contributed by atoms with Crippen LogP contribution >= 0.6 is 0 Å². The zero-order valence-corrected chi connectivity index (χ0v) is 17.5. The number of rotatable bonds is 6. The predicted molar refractivity (Wildman–Crippen MR) is 115 cm³/mol. The highest BCUT2D eigenvalue weighted by Gasteiger charge is 2.33. The number of piperidine rings is 1. The number of carboxylic acids is 1. The van der Waals surface area contributed by atoms with Crippen LogP contribution in [0.5, 0.6) is 0 Å². The van der Waals surface area contributed by atoms with Crippen molar-refractivity contribution in [2.45, 2.75) is 32.2 Å². The fourth-order valence-corrected chi connectivity index (χ4v) is 4.43. The number of carbonyl (C=O) groups is 2. The van der Waals surface area contributed by atoms with Gasteiger partial charge in [-0.2, -0.15) is 0 Å². The first kappa shape index (κ1) is 21.1. The Balaban J connectivity index is 1.86. The molecule has 1 fully saturated rings. The van der Waals surface area contributed by atoms with Gasteiger partial charge in [0.1, 0.15) is 0 Å². The van der Waals surface area contributed by atoms with Crippen LogP contribution in [0.1, 0.15) is 35.2 Å². The third kappa shape index (κ3) is 4.85. The number of carbonyl (C=O) groups excluding carboxylic acids is 1. The minimum absolute atomic E-state index is 0.0291. The second kappa shape index (κ2) is 9.23. The lowest BCUT2D eigenvalue weighted by Gasteiger charge is -2.41. The minimum Gasteiger partial charge on any atom is -0.481 e. The van der Waals surface area contributed by atoms with E-state index < -0.39 is 5.97 Å². The molecular formula is C24H30N2O3. The average Bonchev–Trinajstić information content (AvgIpc) is 2.71. The van der Waals surface area contributed by atoms with Gasteiger partial charge in [-0.1, -0.05) is 42.5 Å². The van der Waals surface area contributed by atoms with Gasteiger partial charge in [-0.05, 0) is 62.5 Å². The Hall–Kier alpha value is -2.66. The Morgan fingerprint density at radius 2 is 1.72 bits per heavy atom. The molecule has 1 aliphatic heterocycles. The van der Waals surface area contributed by atoms with Crippen LogP contribution in [0.25, 0.3) is 11.1 Å². The third-order valence-corrected chi connectivity index (χ3v) is 5.97. The summed E-state index contributed by atoms with van der Waals surface area (Å²) in [7, 11) is 4.06. The first-order chi connectivity index (χ1) is 13.9. The summed E-state index contributed by atoms with van der Waals surface area (Å²) in [5, 5.41) is 9.12. The molecule has 1 aliphatic rings. The Morgan fingerprint density at radius 3 is 2.38 bits per heavy atom. The highest BCUT2D eigenvalue weighted by atomic mass is 16.4. The van der Waals surface area contributed by atoms with E-state index >= 15 is 0 Å². The summed E-state index contributed by atoms with van der Waals surface area (Å²) < 4.78 is 0. The molecule has 0 aromatic heterocycles. The average molecular weight is 395 g/mol. The van der Waals surface area contributed by atoms with Gasteiger partial charge in [-0.3, -0.25) is 9.59 Å². The molecule has 3 rings (SSSR count). The quantitative estimate of drug-likeness (QED) is 0.807. The summed E-state index contributed by atoms with van der Waals surface area (Å²) >= 11 is 0. The monoisotopic (exact) mass is 394 g/mol. The molecule has 2 aromatic rings. The number of hydrogen-bond donors (Lipinski definition) is 1. The fraction of sp³-hybridized carbons (Fsp3) is 0.417. The zero-order valence-electron chi connectivity index (χ0n) is 17.5. The van der Waals surface area contributed by atoms with Gasteiger partial charge in [0, 0.05) is 31.1 Å². The van der Waals surface area contributed by atoms with E-state index in [0.29, 0.717) is 31.1 Å². The number of benzene rings is 2. The van der Waals surface area contributed by atoms with Gasteiger partial charge in [0.2, 0.25) is 0 Å². The first-order valence-electron chi connectivity index (χ1n) is 10.2. The number of hydrogen-bond acceptors (Lipinski definition) is 3. The van der Waals surface area contributed by atoms with Crippen molar-refractivity contribution in [3.63, 3.8) is 0 Å². The maximum Gasteiger partial charge on any atom is 0.303 e. The van der Waals surface area contributed by atoms with E-state index in [0.717, 1.165) is 23.1 Å². The van der Waals surface area contributed by atoms with Crippen LogP contribution in [0.3, 0.4) is 0 Å². The maximum atomic E-state index is 13.5. The largest absolute Gasteiger partial charge is 0.481 e. The van der Waals surface area contributed by atoms with Crippen molar-refractivity contribution in [3.8, 4) is 11.1 Å². The van der Waals surface area contributed by atoms with Crippen molar-refractivity contribution in [2.75, 3.05) is 27.2 Å². The fourth-order valence-electron chi connectivity index (χ4n) is 4.43.